The zero-order chi connectivity index (χ0) is 46.4. The molecule has 0 aromatic heterocycles. The van der Waals surface area contributed by atoms with E-state index in [1.165, 1.54) is 24.3 Å². The zero-order valence-corrected chi connectivity index (χ0v) is 37.5. The molecule has 8 rings (SSSR count). The molecule has 6 aliphatic rings. The molecule has 2 aromatic carbocycles. The van der Waals surface area contributed by atoms with Gasteiger partial charge in [-0.2, -0.15) is 39.6 Å². The van der Waals surface area contributed by atoms with Crippen LogP contribution in [0, 0.1) is 35.5 Å². The van der Waals surface area contributed by atoms with Crippen LogP contribution in [0.1, 0.15) is 112 Å². The predicted octanol–water partition coefficient (Wildman–Crippen LogP) is 4.50. The number of rotatable bonds is 11. The summed E-state index contributed by atoms with van der Waals surface area (Å²) in [7, 11) is -14.9. The Balaban J connectivity index is 1.26. The van der Waals surface area contributed by atoms with Crippen molar-refractivity contribution in [3.8, 4) is 17.2 Å². The van der Waals surface area contributed by atoms with Crippen molar-refractivity contribution in [2.75, 3.05) is 0 Å². The summed E-state index contributed by atoms with van der Waals surface area (Å²) in [5.41, 5.74) is 27.5. The smallest absolute Gasteiger partial charge is 0.334 e. The second-order valence-corrected chi connectivity index (χ2v) is 23.0. The highest BCUT2D eigenvalue weighted by Crippen LogP contribution is 2.50. The fourth-order valence-corrected chi connectivity index (χ4v) is 16.5. The molecular formula is C43H46N6O13S3. The summed E-state index contributed by atoms with van der Waals surface area (Å²) in [6.45, 7) is 0. The molecule has 344 valence electrons. The Hall–Kier alpha value is -5.49. The van der Waals surface area contributed by atoms with Crippen LogP contribution in [0.3, 0.4) is 0 Å². The van der Waals surface area contributed by atoms with Crippen LogP contribution in [-0.4, -0.2) is 95.6 Å². The van der Waals surface area contributed by atoms with Gasteiger partial charge in [0.2, 0.25) is 28.8 Å². The third-order valence-electron chi connectivity index (χ3n) is 14.4. The van der Waals surface area contributed by atoms with Gasteiger partial charge < -0.3 is 29.1 Å². The first-order valence-electron chi connectivity index (χ1n) is 21.8. The van der Waals surface area contributed by atoms with Gasteiger partial charge in [0, 0.05) is 23.3 Å². The van der Waals surface area contributed by atoms with E-state index in [-0.39, 0.29) is 106 Å². The zero-order valence-electron chi connectivity index (χ0n) is 35.1. The lowest BCUT2D eigenvalue weighted by molar-refractivity contribution is -0.126. The summed E-state index contributed by atoms with van der Waals surface area (Å²) in [6.07, 6.45) is 1.87. The molecule has 22 heteroatoms. The van der Waals surface area contributed by atoms with Crippen LogP contribution in [0.5, 0.6) is 17.2 Å². The van der Waals surface area contributed by atoms with Crippen molar-refractivity contribution >= 4 is 70.6 Å². The first-order valence-corrected chi connectivity index (χ1v) is 26.2. The fraction of sp³-hybridized carbons (Fsp3) is 0.558. The van der Waals surface area contributed by atoms with Gasteiger partial charge in [0.1, 0.15) is 15.7 Å². The molecule has 6 fully saturated rings. The van der Waals surface area contributed by atoms with Gasteiger partial charge >= 0.3 is 47.5 Å². The molecule has 6 saturated carbocycles. The van der Waals surface area contributed by atoms with E-state index in [1.807, 2.05) is 0 Å². The maximum absolute atomic E-state index is 14.8. The van der Waals surface area contributed by atoms with E-state index in [2.05, 4.69) is 14.4 Å². The van der Waals surface area contributed by atoms with E-state index in [4.69, 9.17) is 12.5 Å². The molecule has 0 aliphatic heterocycles. The molecule has 0 heterocycles. The highest BCUT2D eigenvalue weighted by Gasteiger charge is 2.54. The van der Waals surface area contributed by atoms with Gasteiger partial charge in [0.05, 0.1) is 24.8 Å². The van der Waals surface area contributed by atoms with Gasteiger partial charge in [-0.15, -0.1) is 0 Å². The first-order chi connectivity index (χ1) is 31.0. The maximum Gasteiger partial charge on any atom is 0.334 e. The van der Waals surface area contributed by atoms with Crippen molar-refractivity contribution in [3.05, 3.63) is 70.2 Å². The van der Waals surface area contributed by atoms with Gasteiger partial charge in [-0.1, -0.05) is 49.6 Å². The van der Waals surface area contributed by atoms with Crippen LogP contribution in [0.25, 0.3) is 16.6 Å². The largest absolute Gasteiger partial charge is 0.378 e. The normalized spacial score (nSPS) is 29.5. The summed E-state index contributed by atoms with van der Waals surface area (Å²) >= 11 is 0. The molecule has 0 bridgehead atoms. The van der Waals surface area contributed by atoms with Gasteiger partial charge in [-0.25, -0.2) is 0 Å². The number of benzene rings is 2. The minimum absolute atomic E-state index is 0.00658. The standard InChI is InChI=1S/C43H46N6O13S3/c44-47-31-19-15-24-27(39(31)51)9-4-12-35(24)63(54,55)60-34-22-18-30(38(50)23-7-2-1-3-8-23)42(61-64(56,57)36-13-5-10-28-25(36)16-20-32(48-45)40(28)52)43(34)62-65(58,59)37-14-6-11-29-26(37)17-21-33(49-46)41(29)53/h1-3,7-8,18,22,24-29,35-37H,4-6,9-17,19-21H2. The molecule has 9 unspecified atom stereocenters. The molecule has 19 nitrogen and oxygen atoms in total. The highest BCUT2D eigenvalue weighted by atomic mass is 32.2. The van der Waals surface area contributed by atoms with E-state index in [0.717, 1.165) is 12.1 Å². The summed E-state index contributed by atoms with van der Waals surface area (Å²) in [5.74, 6) is -10.3. The molecule has 0 saturated heterocycles. The van der Waals surface area contributed by atoms with Gasteiger partial charge in [0.25, 0.3) is 0 Å². The number of ketones is 4. The Morgan fingerprint density at radius 2 is 0.877 bits per heavy atom. The Kier molecular flexibility index (Phi) is 12.8. The van der Waals surface area contributed by atoms with Crippen molar-refractivity contribution in [3.63, 3.8) is 0 Å². The number of hydrogen-bond acceptors (Lipinski definition) is 13. The number of Topliss-reactive ketones (excluding diaryl/α,β-unsaturated/α-hetero) is 3. The average Bonchev–Trinajstić information content (AvgIpc) is 3.30. The number of carbonyl (C=O) groups excluding carboxylic acids is 4. The van der Waals surface area contributed by atoms with Crippen molar-refractivity contribution in [2.24, 2.45) is 35.5 Å². The van der Waals surface area contributed by atoms with Gasteiger partial charge in [-0.3, -0.25) is 19.2 Å². The van der Waals surface area contributed by atoms with Crippen molar-refractivity contribution in [1.82, 2.24) is 0 Å². The van der Waals surface area contributed by atoms with E-state index in [0.29, 0.717) is 12.8 Å². The molecule has 0 radical (unpaired) electrons. The third kappa shape index (κ3) is 8.59. The van der Waals surface area contributed by atoms with Crippen molar-refractivity contribution in [1.29, 1.82) is 0 Å². The molecular weight excluding hydrogens is 905 g/mol. The number of carbonyl (C=O) groups is 4. The summed E-state index contributed by atoms with van der Waals surface area (Å²) in [4.78, 5) is 63.5. The molecule has 0 spiro atoms. The second-order valence-electron chi connectivity index (χ2n) is 17.8. The Morgan fingerprint density at radius 1 is 0.492 bits per heavy atom. The lowest BCUT2D eigenvalue weighted by atomic mass is 9.69. The number of nitrogens with zero attached hydrogens (tertiary/aromatic N) is 6. The van der Waals surface area contributed by atoms with Gasteiger partial charge in [0.15, 0.2) is 11.5 Å². The van der Waals surface area contributed by atoms with Crippen LogP contribution in [0.2, 0.25) is 0 Å². The fourth-order valence-electron chi connectivity index (χ4n) is 11.3. The Morgan fingerprint density at radius 3 is 1.28 bits per heavy atom. The molecule has 0 amide bonds. The summed E-state index contributed by atoms with van der Waals surface area (Å²) in [6, 6.07) is 9.51. The topological polar surface area (TPSA) is 308 Å². The third-order valence-corrected chi connectivity index (χ3v) is 19.6. The average molecular weight is 951 g/mol. The molecule has 6 aliphatic carbocycles. The quantitative estimate of drug-likeness (QED) is 0.130. The van der Waals surface area contributed by atoms with Crippen LogP contribution in [-0.2, 0) is 44.7 Å². The maximum atomic E-state index is 14.8. The van der Waals surface area contributed by atoms with Crippen molar-refractivity contribution in [2.45, 2.75) is 112 Å². The lowest BCUT2D eigenvalue weighted by Crippen LogP contribution is -2.48. The monoisotopic (exact) mass is 950 g/mol. The van der Waals surface area contributed by atoms with Crippen LogP contribution in [0.4, 0.5) is 0 Å². The van der Waals surface area contributed by atoms with Crippen LogP contribution >= 0.6 is 0 Å². The minimum Gasteiger partial charge on any atom is -0.378 e. The van der Waals surface area contributed by atoms with E-state index in [9.17, 15) is 61.0 Å². The Bertz CT molecular complexity index is 2850. The second kappa shape index (κ2) is 18.1. The lowest BCUT2D eigenvalue weighted by Gasteiger charge is -2.38. The SMILES string of the molecule is [N-]=[N+]=C1CCC2C(CCCC2S(=O)(=O)Oc2ccc(C(=O)c3ccccc3)c(OS(=O)(=O)C3CCCC4C(=O)C(=[N+]=[N-])CCC43)c2OS(=O)(=O)C2CCCC3C(=O)C(=[N+]=[N-])CCC32)C1=O. The van der Waals surface area contributed by atoms with E-state index >= 15 is 0 Å². The first kappa shape index (κ1) is 46.1. The molecule has 2 aromatic rings. The molecule has 0 N–H and O–H groups in total. The van der Waals surface area contributed by atoms with Crippen LogP contribution in [0.15, 0.2) is 42.5 Å². The molecule has 65 heavy (non-hydrogen) atoms. The van der Waals surface area contributed by atoms with E-state index < -0.39 is 128 Å². The summed E-state index contributed by atoms with van der Waals surface area (Å²) in [5, 5.41) is -4.15. The van der Waals surface area contributed by atoms with E-state index in [1.54, 1.807) is 6.07 Å². The van der Waals surface area contributed by atoms with Gasteiger partial charge in [-0.05, 0) is 87.7 Å². The van der Waals surface area contributed by atoms with Crippen LogP contribution < -0.4 is 12.5 Å². The molecule has 9 atom stereocenters. The summed E-state index contributed by atoms with van der Waals surface area (Å²) < 4.78 is 106. The number of fused-ring (bicyclic) bond motifs is 3. The number of hydrogen-bond donors (Lipinski definition) is 0. The van der Waals surface area contributed by atoms with Crippen molar-refractivity contribution < 1.29 is 71.4 Å². The predicted molar refractivity (Wildman–Crippen MR) is 227 cm³/mol. The minimum atomic E-state index is -5.02. The highest BCUT2D eigenvalue weighted by molar-refractivity contribution is 7.88. The Labute approximate surface area is 375 Å².